The summed E-state index contributed by atoms with van der Waals surface area (Å²) in [5, 5.41) is 2.49. The van der Waals surface area contributed by atoms with E-state index in [1.165, 1.54) is 6.92 Å². The normalized spacial score (nSPS) is 14.2. The van der Waals surface area contributed by atoms with Crippen LogP contribution < -0.4 is 11.1 Å². The Morgan fingerprint density at radius 2 is 2.12 bits per heavy atom. The van der Waals surface area contributed by atoms with Crippen molar-refractivity contribution in [2.45, 2.75) is 26.4 Å². The molecular formula is C8H18N2O4S2. The molecule has 0 saturated heterocycles. The van der Waals surface area contributed by atoms with Crippen LogP contribution in [0.15, 0.2) is 0 Å². The molecule has 0 aliphatic rings. The first kappa shape index (κ1) is 15.4. The average Bonchev–Trinajstić information content (AvgIpc) is 2.15. The van der Waals surface area contributed by atoms with Crippen LogP contribution in [0.1, 0.15) is 20.3 Å². The Kier molecular flexibility index (Phi) is 6.61. The Bertz CT molecular complexity index is 308. The third-order valence-electron chi connectivity index (χ3n) is 1.79. The van der Waals surface area contributed by atoms with Gasteiger partial charge in [0.2, 0.25) is 11.8 Å². The molecule has 0 aromatic heterocycles. The molecule has 3 N–H and O–H groups in total. The number of carbonyl (C=O) groups is 2. The van der Waals surface area contributed by atoms with Gasteiger partial charge in [0.1, 0.15) is 0 Å². The van der Waals surface area contributed by atoms with E-state index in [4.69, 9.17) is 9.92 Å². The third kappa shape index (κ3) is 6.81. The molecule has 0 bridgehead atoms. The highest BCUT2D eigenvalue weighted by Crippen LogP contribution is 2.15. The first-order valence-electron chi connectivity index (χ1n) is 4.82. The first-order chi connectivity index (χ1) is 7.28. The van der Waals surface area contributed by atoms with Crippen LogP contribution in [0.25, 0.3) is 0 Å². The molecule has 0 aromatic rings. The molecule has 0 heterocycles. The quantitative estimate of drug-likeness (QED) is 0.359. The monoisotopic (exact) mass is 270 g/mol. The highest BCUT2D eigenvalue weighted by molar-refractivity contribution is 8.67. The van der Waals surface area contributed by atoms with E-state index in [0.717, 1.165) is 0 Å². The van der Waals surface area contributed by atoms with E-state index < -0.39 is 21.3 Å². The summed E-state index contributed by atoms with van der Waals surface area (Å²) in [6.45, 7) is 3.23. The lowest BCUT2D eigenvalue weighted by atomic mass is 10.2. The minimum Gasteiger partial charge on any atom is -0.367 e. The molecule has 0 aliphatic carbocycles. The molecule has 1 unspecified atom stereocenters. The lowest BCUT2D eigenvalue weighted by Gasteiger charge is -2.25. The molecule has 0 saturated carbocycles. The van der Waals surface area contributed by atoms with Gasteiger partial charge in [-0.3, -0.25) is 13.8 Å². The van der Waals surface area contributed by atoms with Crippen molar-refractivity contribution in [1.29, 1.82) is 0 Å². The summed E-state index contributed by atoms with van der Waals surface area (Å²) in [6, 6.07) is 0. The predicted molar refractivity (Wildman–Crippen MR) is 66.4 cm³/mol. The number of hydrogen-bond acceptors (Lipinski definition) is 4. The summed E-state index contributed by atoms with van der Waals surface area (Å²) in [7, 11) is -3.07. The lowest BCUT2D eigenvalue weighted by molar-refractivity contribution is -0.125. The van der Waals surface area contributed by atoms with Crippen LogP contribution in [-0.2, 0) is 23.0 Å². The maximum atomic E-state index is 11.5. The molecular weight excluding hydrogens is 252 g/mol. The zero-order valence-corrected chi connectivity index (χ0v) is 11.1. The predicted octanol–water partition coefficient (Wildman–Crippen LogP) is -0.820. The van der Waals surface area contributed by atoms with Gasteiger partial charge >= 0.3 is 0 Å². The van der Waals surface area contributed by atoms with E-state index in [2.05, 4.69) is 17.0 Å². The van der Waals surface area contributed by atoms with Crippen LogP contribution in [0.4, 0.5) is 0 Å². The van der Waals surface area contributed by atoms with Gasteiger partial charge in [-0.05, 0) is 6.92 Å². The van der Waals surface area contributed by atoms with Crippen molar-refractivity contribution in [1.82, 2.24) is 5.32 Å². The molecule has 2 amide bonds. The van der Waals surface area contributed by atoms with Gasteiger partial charge < -0.3 is 11.1 Å². The molecule has 0 fully saturated rings. The van der Waals surface area contributed by atoms with Gasteiger partial charge in [0.25, 0.3) is 0 Å². The fourth-order valence-electron chi connectivity index (χ4n) is 0.900. The molecule has 0 radical (unpaired) electrons. The zero-order valence-electron chi connectivity index (χ0n) is 9.30. The summed E-state index contributed by atoms with van der Waals surface area (Å²) in [5.74, 6) is -0.721. The summed E-state index contributed by atoms with van der Waals surface area (Å²) in [4.78, 5) is 21.6. The van der Waals surface area contributed by atoms with E-state index in [9.17, 15) is 13.8 Å². The number of thiol groups is 2. The number of nitrogens with two attached hydrogens (primary N) is 1. The smallest absolute Gasteiger partial charge is 0.249 e. The van der Waals surface area contributed by atoms with Crippen molar-refractivity contribution >= 4 is 32.7 Å². The maximum Gasteiger partial charge on any atom is 0.249 e. The van der Waals surface area contributed by atoms with Crippen molar-refractivity contribution in [3.63, 3.8) is 0 Å². The number of nitrogens with one attached hydrogen (secondary N) is 1. The largest absolute Gasteiger partial charge is 0.367 e. The van der Waals surface area contributed by atoms with Crippen LogP contribution in [0.5, 0.6) is 0 Å². The summed E-state index contributed by atoms with van der Waals surface area (Å²) in [5.41, 5.74) is 5.08. The van der Waals surface area contributed by atoms with Crippen molar-refractivity contribution < 1.29 is 18.0 Å². The molecule has 16 heavy (non-hydrogen) atoms. The van der Waals surface area contributed by atoms with Crippen molar-refractivity contribution in [2.75, 3.05) is 12.3 Å². The highest BCUT2D eigenvalue weighted by Gasteiger charge is 2.20. The van der Waals surface area contributed by atoms with Gasteiger partial charge in [0.15, 0.2) is 6.10 Å². The fraction of sp³-hybridized carbons (Fsp3) is 0.750. The van der Waals surface area contributed by atoms with Gasteiger partial charge in [0, 0.05) is 25.6 Å². The SMILES string of the molecule is CC[SH](=O)(S)OC(CCNC(C)=O)C(N)=O. The van der Waals surface area contributed by atoms with Crippen molar-refractivity contribution in [2.24, 2.45) is 5.73 Å². The second-order valence-corrected chi connectivity index (χ2v) is 7.17. The van der Waals surface area contributed by atoms with Gasteiger partial charge in [-0.15, -0.1) is 0 Å². The van der Waals surface area contributed by atoms with Crippen LogP contribution in [0, 0.1) is 0 Å². The van der Waals surface area contributed by atoms with E-state index in [0.29, 0.717) is 0 Å². The van der Waals surface area contributed by atoms with E-state index in [1.54, 1.807) is 6.92 Å². The van der Waals surface area contributed by atoms with E-state index >= 15 is 0 Å². The lowest BCUT2D eigenvalue weighted by Crippen LogP contribution is -2.37. The van der Waals surface area contributed by atoms with Crippen molar-refractivity contribution in [3.05, 3.63) is 0 Å². The summed E-state index contributed by atoms with van der Waals surface area (Å²) >= 11 is 3.82. The second-order valence-electron chi connectivity index (χ2n) is 3.22. The molecule has 0 spiro atoms. The molecule has 0 aliphatic heterocycles. The Morgan fingerprint density at radius 1 is 1.56 bits per heavy atom. The molecule has 0 aromatic carbocycles. The molecule has 96 valence electrons. The van der Waals surface area contributed by atoms with Crippen molar-refractivity contribution in [3.8, 4) is 0 Å². The second kappa shape index (κ2) is 6.87. The van der Waals surface area contributed by atoms with Gasteiger partial charge in [-0.1, -0.05) is 11.7 Å². The molecule has 0 rings (SSSR count). The van der Waals surface area contributed by atoms with Crippen LogP contribution >= 0.6 is 11.7 Å². The third-order valence-corrected chi connectivity index (χ3v) is 4.30. The number of rotatable bonds is 7. The van der Waals surface area contributed by atoms with Gasteiger partial charge in [-0.25, -0.2) is 4.21 Å². The Balaban J connectivity index is 4.24. The standard InChI is InChI=1S/C8H18N2O4S2/c1-3-16(13,15)14-7(8(9)12)4-5-10-6(2)11/h7,16H,3-5H2,1-2H3,(H2,9,12)(H,10,11)(H,13,15). The first-order valence-corrected chi connectivity index (χ1v) is 7.78. The topological polar surface area (TPSA) is 98.5 Å². The Hall–Kier alpha value is -0.600. The molecule has 8 heteroatoms. The number of primary amides is 1. The maximum absolute atomic E-state index is 11.5. The number of hydrogen-bond donors (Lipinski definition) is 4. The van der Waals surface area contributed by atoms with Crippen LogP contribution in [0.3, 0.4) is 0 Å². The average molecular weight is 270 g/mol. The Morgan fingerprint density at radius 3 is 2.50 bits per heavy atom. The fourth-order valence-corrected chi connectivity index (χ4v) is 2.00. The highest BCUT2D eigenvalue weighted by atomic mass is 33.1. The van der Waals surface area contributed by atoms with E-state index in [-0.39, 0.29) is 24.6 Å². The molecule has 6 nitrogen and oxygen atoms in total. The minimum absolute atomic E-state index is 0.180. The number of amides is 2. The minimum atomic E-state index is -3.07. The molecule has 1 atom stereocenters. The summed E-state index contributed by atoms with van der Waals surface area (Å²) in [6.07, 6.45) is -0.811. The Labute approximate surface area is 101 Å². The van der Waals surface area contributed by atoms with Gasteiger partial charge in [0.05, 0.1) is 0 Å². The zero-order chi connectivity index (χ0) is 12.8. The number of carbonyl (C=O) groups excluding carboxylic acids is 2. The van der Waals surface area contributed by atoms with Crippen LogP contribution in [0.2, 0.25) is 0 Å². The van der Waals surface area contributed by atoms with E-state index in [1.807, 2.05) is 0 Å². The summed E-state index contributed by atoms with van der Waals surface area (Å²) < 4.78 is 16.6. The van der Waals surface area contributed by atoms with Gasteiger partial charge in [-0.2, -0.15) is 9.25 Å². The van der Waals surface area contributed by atoms with Crippen LogP contribution in [-0.4, -0.2) is 34.4 Å².